The van der Waals surface area contributed by atoms with Gasteiger partial charge in [0.2, 0.25) is 0 Å². The van der Waals surface area contributed by atoms with Gasteiger partial charge < -0.3 is 14.0 Å². The fourth-order valence-corrected chi connectivity index (χ4v) is 5.98. The van der Waals surface area contributed by atoms with E-state index in [0.29, 0.717) is 11.5 Å². The molecule has 3 heterocycles. The lowest BCUT2D eigenvalue weighted by Gasteiger charge is -2.44. The maximum absolute atomic E-state index is 5.46. The first-order chi connectivity index (χ1) is 13.9. The molecule has 0 unspecified atom stereocenters. The van der Waals surface area contributed by atoms with Crippen molar-refractivity contribution in [1.29, 1.82) is 0 Å². The number of aryl methyl sites for hydroxylation is 1. The summed E-state index contributed by atoms with van der Waals surface area (Å²) in [5.74, 6) is 0.888. The van der Waals surface area contributed by atoms with Crippen molar-refractivity contribution >= 4 is 21.9 Å². The molecule has 1 aliphatic carbocycles. The first kappa shape index (κ1) is 19.2. The van der Waals surface area contributed by atoms with E-state index in [4.69, 9.17) is 4.52 Å². The molecule has 0 radical (unpaired) electrons. The number of hydrogen-bond acceptors (Lipinski definition) is 3. The summed E-state index contributed by atoms with van der Waals surface area (Å²) in [6.45, 7) is 11.9. The highest BCUT2D eigenvalue weighted by molar-refractivity contribution is 6.06. The van der Waals surface area contributed by atoms with E-state index >= 15 is 0 Å². The number of benzene rings is 1. The van der Waals surface area contributed by atoms with Crippen molar-refractivity contribution in [1.82, 2.24) is 14.6 Å². The Bertz CT molecular complexity index is 992. The van der Waals surface area contributed by atoms with Gasteiger partial charge in [0, 0.05) is 29.2 Å². The van der Waals surface area contributed by atoms with Crippen molar-refractivity contribution < 1.29 is 4.52 Å². The SMILES string of the molecule is Cc1noc2ccc3c(ccn3C3CCC(N4CCC(C(C)(C)C)CC4)CC3)c12. The minimum absolute atomic E-state index is 0.466. The van der Waals surface area contributed by atoms with Gasteiger partial charge >= 0.3 is 0 Å². The molecule has 0 amide bonds. The summed E-state index contributed by atoms with van der Waals surface area (Å²) in [4.78, 5) is 2.80. The summed E-state index contributed by atoms with van der Waals surface area (Å²) in [6.07, 6.45) is 10.3. The van der Waals surface area contributed by atoms with Gasteiger partial charge in [0.05, 0.1) is 11.1 Å². The van der Waals surface area contributed by atoms with Crippen LogP contribution in [0.15, 0.2) is 28.9 Å². The van der Waals surface area contributed by atoms with Crippen LogP contribution in [0.4, 0.5) is 0 Å². The van der Waals surface area contributed by atoms with Gasteiger partial charge in [-0.2, -0.15) is 0 Å². The number of nitrogens with zero attached hydrogens (tertiary/aromatic N) is 3. The average Bonchev–Trinajstić information content (AvgIpc) is 3.31. The van der Waals surface area contributed by atoms with Gasteiger partial charge in [-0.1, -0.05) is 25.9 Å². The molecule has 1 aromatic carbocycles. The van der Waals surface area contributed by atoms with Crippen LogP contribution >= 0.6 is 0 Å². The molecule has 4 nitrogen and oxygen atoms in total. The molecular weight excluding hydrogens is 358 g/mol. The summed E-state index contributed by atoms with van der Waals surface area (Å²) in [5.41, 5.74) is 3.69. The summed E-state index contributed by atoms with van der Waals surface area (Å²) < 4.78 is 7.97. The molecule has 0 N–H and O–H groups in total. The minimum atomic E-state index is 0.466. The van der Waals surface area contributed by atoms with E-state index in [0.717, 1.165) is 23.2 Å². The van der Waals surface area contributed by atoms with Gasteiger partial charge in [-0.05, 0) is 88.1 Å². The first-order valence-electron chi connectivity index (χ1n) is 11.5. The van der Waals surface area contributed by atoms with E-state index in [-0.39, 0.29) is 0 Å². The van der Waals surface area contributed by atoms with Crippen LogP contribution in [0, 0.1) is 18.3 Å². The van der Waals surface area contributed by atoms with E-state index in [1.54, 1.807) is 0 Å². The topological polar surface area (TPSA) is 34.2 Å². The van der Waals surface area contributed by atoms with E-state index in [1.807, 2.05) is 6.92 Å². The second kappa shape index (κ2) is 7.16. The standard InChI is InChI=1S/C25H35N3O/c1-17-24-21-13-16-28(22(21)9-10-23(24)29-26-17)20-7-5-19(6-8-20)27-14-11-18(12-15-27)25(2,3)4/h9-10,13,16,18-20H,5-8,11-12,14-15H2,1-4H3. The molecule has 3 aromatic rings. The Labute approximate surface area is 174 Å². The van der Waals surface area contributed by atoms with E-state index < -0.39 is 0 Å². The molecule has 0 atom stereocenters. The van der Waals surface area contributed by atoms with Crippen molar-refractivity contribution in [2.75, 3.05) is 13.1 Å². The number of piperidine rings is 1. The highest BCUT2D eigenvalue weighted by atomic mass is 16.5. The van der Waals surface area contributed by atoms with Crippen molar-refractivity contribution in [3.8, 4) is 0 Å². The lowest BCUT2D eigenvalue weighted by atomic mass is 9.75. The van der Waals surface area contributed by atoms with Crippen molar-refractivity contribution in [3.05, 3.63) is 30.1 Å². The molecule has 2 aliphatic rings. The highest BCUT2D eigenvalue weighted by Gasteiger charge is 2.33. The Morgan fingerprint density at radius 2 is 1.62 bits per heavy atom. The zero-order chi connectivity index (χ0) is 20.2. The fraction of sp³-hybridized carbons (Fsp3) is 0.640. The van der Waals surface area contributed by atoms with Crippen LogP contribution in [0.5, 0.6) is 0 Å². The number of hydrogen-bond donors (Lipinski definition) is 0. The van der Waals surface area contributed by atoms with Gasteiger partial charge in [0.25, 0.3) is 0 Å². The largest absolute Gasteiger partial charge is 0.356 e. The Kier molecular flexibility index (Phi) is 4.73. The second-order valence-electron chi connectivity index (χ2n) is 10.5. The van der Waals surface area contributed by atoms with Crippen LogP contribution in [-0.2, 0) is 0 Å². The van der Waals surface area contributed by atoms with Gasteiger partial charge in [0.1, 0.15) is 0 Å². The molecular formula is C25H35N3O. The summed E-state index contributed by atoms with van der Waals surface area (Å²) in [6, 6.07) is 7.96. The van der Waals surface area contributed by atoms with E-state index in [1.165, 1.54) is 67.9 Å². The molecule has 1 saturated heterocycles. The number of likely N-dealkylation sites (tertiary alicyclic amines) is 1. The molecule has 0 spiro atoms. The molecule has 1 aliphatic heterocycles. The van der Waals surface area contributed by atoms with Crippen LogP contribution in [0.2, 0.25) is 0 Å². The molecule has 0 bridgehead atoms. The third kappa shape index (κ3) is 3.39. The van der Waals surface area contributed by atoms with Crippen LogP contribution < -0.4 is 0 Å². The maximum atomic E-state index is 5.46. The molecule has 156 valence electrons. The number of fused-ring (bicyclic) bond motifs is 3. The summed E-state index contributed by atoms with van der Waals surface area (Å²) in [5, 5.41) is 6.62. The Balaban J connectivity index is 1.27. The molecule has 4 heteroatoms. The van der Waals surface area contributed by atoms with Crippen molar-refractivity contribution in [3.63, 3.8) is 0 Å². The van der Waals surface area contributed by atoms with Gasteiger partial charge in [-0.3, -0.25) is 0 Å². The predicted molar refractivity (Wildman–Crippen MR) is 119 cm³/mol. The number of rotatable bonds is 2. The van der Waals surface area contributed by atoms with Crippen molar-refractivity contribution in [2.24, 2.45) is 11.3 Å². The second-order valence-corrected chi connectivity index (χ2v) is 10.5. The van der Waals surface area contributed by atoms with Gasteiger partial charge in [-0.15, -0.1) is 0 Å². The quantitative estimate of drug-likeness (QED) is 0.510. The predicted octanol–water partition coefficient (Wildman–Crippen LogP) is 6.33. The van der Waals surface area contributed by atoms with Crippen LogP contribution in [0.25, 0.3) is 21.9 Å². The van der Waals surface area contributed by atoms with Crippen LogP contribution in [0.1, 0.15) is 71.0 Å². The summed E-state index contributed by atoms with van der Waals surface area (Å²) >= 11 is 0. The summed E-state index contributed by atoms with van der Waals surface area (Å²) in [7, 11) is 0. The minimum Gasteiger partial charge on any atom is -0.356 e. The first-order valence-corrected chi connectivity index (χ1v) is 11.5. The van der Waals surface area contributed by atoms with E-state index in [2.05, 4.69) is 59.8 Å². The van der Waals surface area contributed by atoms with Gasteiger partial charge in [0.15, 0.2) is 5.58 Å². The van der Waals surface area contributed by atoms with Crippen molar-refractivity contribution in [2.45, 2.75) is 78.3 Å². The molecule has 5 rings (SSSR count). The monoisotopic (exact) mass is 393 g/mol. The van der Waals surface area contributed by atoms with Gasteiger partial charge in [-0.25, -0.2) is 0 Å². The lowest BCUT2D eigenvalue weighted by Crippen LogP contribution is -2.45. The Hall–Kier alpha value is -1.81. The zero-order valence-corrected chi connectivity index (χ0v) is 18.4. The third-order valence-corrected chi connectivity index (χ3v) is 7.84. The van der Waals surface area contributed by atoms with E-state index in [9.17, 15) is 0 Å². The Morgan fingerprint density at radius 1 is 0.931 bits per heavy atom. The smallest absolute Gasteiger partial charge is 0.167 e. The zero-order valence-electron chi connectivity index (χ0n) is 18.4. The molecule has 29 heavy (non-hydrogen) atoms. The number of aromatic nitrogens is 2. The fourth-order valence-electron chi connectivity index (χ4n) is 5.98. The normalized spacial score (nSPS) is 25.2. The van der Waals surface area contributed by atoms with Crippen LogP contribution in [0.3, 0.4) is 0 Å². The Morgan fingerprint density at radius 3 is 2.31 bits per heavy atom. The molecule has 1 saturated carbocycles. The highest BCUT2D eigenvalue weighted by Crippen LogP contribution is 2.39. The average molecular weight is 394 g/mol. The molecule has 2 aromatic heterocycles. The third-order valence-electron chi connectivity index (χ3n) is 7.84. The molecule has 2 fully saturated rings. The lowest BCUT2D eigenvalue weighted by molar-refractivity contribution is 0.0626. The maximum Gasteiger partial charge on any atom is 0.167 e. The van der Waals surface area contributed by atoms with Crippen LogP contribution in [-0.4, -0.2) is 33.8 Å².